The van der Waals surface area contributed by atoms with Crippen LogP contribution in [0.2, 0.25) is 0 Å². The summed E-state index contributed by atoms with van der Waals surface area (Å²) in [6, 6.07) is 5.79. The fourth-order valence-electron chi connectivity index (χ4n) is 5.08. The first-order valence-electron chi connectivity index (χ1n) is 10.6. The zero-order valence-corrected chi connectivity index (χ0v) is 17.9. The van der Waals surface area contributed by atoms with E-state index in [2.05, 4.69) is 30.2 Å². The molecule has 3 heterocycles. The van der Waals surface area contributed by atoms with Crippen LogP contribution < -0.4 is 5.32 Å². The van der Waals surface area contributed by atoms with Gasteiger partial charge in [0.05, 0.1) is 5.60 Å². The van der Waals surface area contributed by atoms with Crippen molar-refractivity contribution in [3.8, 4) is 5.75 Å². The molecule has 1 aliphatic heterocycles. The van der Waals surface area contributed by atoms with Crippen LogP contribution in [0.25, 0.3) is 0 Å². The lowest BCUT2D eigenvalue weighted by atomic mass is 9.76. The summed E-state index contributed by atoms with van der Waals surface area (Å²) in [5, 5.41) is 13.5. The third-order valence-electron chi connectivity index (χ3n) is 6.64. The van der Waals surface area contributed by atoms with Crippen molar-refractivity contribution in [2.24, 2.45) is 5.92 Å². The summed E-state index contributed by atoms with van der Waals surface area (Å²) < 4.78 is 6.41. The van der Waals surface area contributed by atoms with Gasteiger partial charge in [-0.15, -0.1) is 11.3 Å². The minimum atomic E-state index is -0.0777. The predicted octanol–water partition coefficient (Wildman–Crippen LogP) is 5.08. The summed E-state index contributed by atoms with van der Waals surface area (Å²) >= 11 is 1.90. The molecular weight excluding hydrogens is 368 g/mol. The standard InChI is InChI=1S/C23H32N2O2S/c1-16-12-20(28-17(16)2)15-24-9-5-18-7-11-27-23(14-18)8-3-4-21(23)22-13-19(26)6-10-25-22/h6,10,12-13,18,21,24H,3-5,7-9,11,14-15H2,1-2H3,(H,25,26). The number of hydrogen-bond donors (Lipinski definition) is 2. The van der Waals surface area contributed by atoms with Crippen LogP contribution in [-0.4, -0.2) is 28.8 Å². The number of pyridine rings is 1. The van der Waals surface area contributed by atoms with Crippen LogP contribution in [0, 0.1) is 19.8 Å². The molecule has 152 valence electrons. The maximum absolute atomic E-state index is 9.88. The van der Waals surface area contributed by atoms with E-state index < -0.39 is 0 Å². The zero-order valence-electron chi connectivity index (χ0n) is 17.0. The Kier molecular flexibility index (Phi) is 6.04. The Morgan fingerprint density at radius 3 is 3.00 bits per heavy atom. The highest BCUT2D eigenvalue weighted by atomic mass is 32.1. The van der Waals surface area contributed by atoms with Crippen molar-refractivity contribution in [2.75, 3.05) is 13.2 Å². The van der Waals surface area contributed by atoms with Gasteiger partial charge in [0.15, 0.2) is 0 Å². The monoisotopic (exact) mass is 400 g/mol. The molecule has 1 saturated carbocycles. The average molecular weight is 401 g/mol. The zero-order chi connectivity index (χ0) is 19.6. The topological polar surface area (TPSA) is 54.4 Å². The van der Waals surface area contributed by atoms with Crippen LogP contribution in [-0.2, 0) is 11.3 Å². The highest BCUT2D eigenvalue weighted by molar-refractivity contribution is 7.12. The van der Waals surface area contributed by atoms with E-state index in [4.69, 9.17) is 4.74 Å². The van der Waals surface area contributed by atoms with E-state index in [1.807, 2.05) is 17.4 Å². The van der Waals surface area contributed by atoms with E-state index >= 15 is 0 Å². The first-order valence-corrected chi connectivity index (χ1v) is 11.4. The molecule has 2 aromatic heterocycles. The summed E-state index contributed by atoms with van der Waals surface area (Å²) in [6.45, 7) is 7.28. The lowest BCUT2D eigenvalue weighted by Crippen LogP contribution is -2.42. The molecule has 0 amide bonds. The molecule has 2 N–H and O–H groups in total. The number of aromatic nitrogens is 1. The molecule has 5 heteroatoms. The fraction of sp³-hybridized carbons (Fsp3) is 0.609. The van der Waals surface area contributed by atoms with E-state index in [1.165, 1.54) is 28.2 Å². The van der Waals surface area contributed by atoms with Gasteiger partial charge in [-0.25, -0.2) is 0 Å². The van der Waals surface area contributed by atoms with Gasteiger partial charge in [0.1, 0.15) is 5.75 Å². The van der Waals surface area contributed by atoms with Gasteiger partial charge in [0.25, 0.3) is 0 Å². The van der Waals surface area contributed by atoms with Crippen molar-refractivity contribution in [3.05, 3.63) is 45.4 Å². The molecule has 2 fully saturated rings. The average Bonchev–Trinajstić information content (AvgIpc) is 3.22. The second-order valence-electron chi connectivity index (χ2n) is 8.57. The molecule has 3 unspecified atom stereocenters. The molecule has 3 atom stereocenters. The smallest absolute Gasteiger partial charge is 0.118 e. The van der Waals surface area contributed by atoms with Crippen molar-refractivity contribution in [2.45, 2.75) is 70.4 Å². The van der Waals surface area contributed by atoms with Gasteiger partial charge < -0.3 is 15.2 Å². The van der Waals surface area contributed by atoms with Crippen LogP contribution in [0.15, 0.2) is 24.4 Å². The van der Waals surface area contributed by atoms with Crippen molar-refractivity contribution < 1.29 is 9.84 Å². The van der Waals surface area contributed by atoms with Crippen LogP contribution in [0.1, 0.15) is 65.5 Å². The Labute approximate surface area is 172 Å². The fourth-order valence-corrected chi connectivity index (χ4v) is 6.11. The molecule has 1 aliphatic carbocycles. The summed E-state index contributed by atoms with van der Waals surface area (Å²) in [5.74, 6) is 1.32. The second kappa shape index (κ2) is 8.52. The van der Waals surface area contributed by atoms with Gasteiger partial charge in [-0.05, 0) is 82.5 Å². The Morgan fingerprint density at radius 1 is 1.32 bits per heavy atom. The summed E-state index contributed by atoms with van der Waals surface area (Å²) in [6.07, 6.45) is 8.60. The van der Waals surface area contributed by atoms with Crippen LogP contribution in [0.3, 0.4) is 0 Å². The summed E-state index contributed by atoms with van der Waals surface area (Å²) in [4.78, 5) is 7.42. The van der Waals surface area contributed by atoms with Gasteiger partial charge in [0.2, 0.25) is 0 Å². The number of aromatic hydroxyl groups is 1. The minimum Gasteiger partial charge on any atom is -0.508 e. The maximum atomic E-state index is 9.88. The molecule has 0 radical (unpaired) electrons. The SMILES string of the molecule is Cc1cc(CNCCC2CCOC3(CCCC3c3cc(O)ccn3)C2)sc1C. The van der Waals surface area contributed by atoms with Gasteiger partial charge in [-0.2, -0.15) is 0 Å². The normalized spacial score (nSPS) is 27.5. The third kappa shape index (κ3) is 4.27. The summed E-state index contributed by atoms with van der Waals surface area (Å²) in [7, 11) is 0. The Morgan fingerprint density at radius 2 is 2.21 bits per heavy atom. The number of hydrogen-bond acceptors (Lipinski definition) is 5. The molecule has 1 saturated heterocycles. The molecule has 28 heavy (non-hydrogen) atoms. The van der Waals surface area contributed by atoms with E-state index in [1.54, 1.807) is 12.3 Å². The van der Waals surface area contributed by atoms with E-state index in [-0.39, 0.29) is 5.60 Å². The first kappa shape index (κ1) is 19.9. The van der Waals surface area contributed by atoms with E-state index in [0.29, 0.717) is 17.6 Å². The Hall–Kier alpha value is -1.43. The molecule has 0 aromatic carbocycles. The van der Waals surface area contributed by atoms with Gasteiger partial charge in [0, 0.05) is 46.8 Å². The van der Waals surface area contributed by atoms with Gasteiger partial charge in [-0.3, -0.25) is 4.98 Å². The molecule has 0 bridgehead atoms. The second-order valence-corrected chi connectivity index (χ2v) is 9.91. The molecule has 2 aromatic rings. The molecular formula is C23H32N2O2S. The third-order valence-corrected chi connectivity index (χ3v) is 7.80. The lowest BCUT2D eigenvalue weighted by Gasteiger charge is -2.42. The molecule has 4 nitrogen and oxygen atoms in total. The highest BCUT2D eigenvalue weighted by Gasteiger charge is 2.48. The lowest BCUT2D eigenvalue weighted by molar-refractivity contribution is -0.105. The highest BCUT2D eigenvalue weighted by Crippen LogP contribution is 2.51. The largest absolute Gasteiger partial charge is 0.508 e. The van der Waals surface area contributed by atoms with Gasteiger partial charge in [-0.1, -0.05) is 0 Å². The Bertz CT molecular complexity index is 786. The van der Waals surface area contributed by atoms with Crippen LogP contribution >= 0.6 is 11.3 Å². The van der Waals surface area contributed by atoms with E-state index in [0.717, 1.165) is 51.1 Å². The Balaban J connectivity index is 1.33. The predicted molar refractivity (Wildman–Crippen MR) is 114 cm³/mol. The number of aryl methyl sites for hydroxylation is 2. The van der Waals surface area contributed by atoms with Crippen molar-refractivity contribution in [1.29, 1.82) is 0 Å². The number of rotatable bonds is 6. The van der Waals surface area contributed by atoms with Crippen LogP contribution in [0.4, 0.5) is 0 Å². The number of ether oxygens (including phenoxy) is 1. The molecule has 4 rings (SSSR count). The minimum absolute atomic E-state index is 0.0777. The number of thiophene rings is 1. The maximum Gasteiger partial charge on any atom is 0.118 e. The first-order chi connectivity index (χ1) is 13.6. The summed E-state index contributed by atoms with van der Waals surface area (Å²) in [5.41, 5.74) is 2.33. The number of nitrogens with one attached hydrogen (secondary N) is 1. The molecule has 1 spiro atoms. The van der Waals surface area contributed by atoms with Crippen molar-refractivity contribution >= 4 is 11.3 Å². The van der Waals surface area contributed by atoms with Gasteiger partial charge >= 0.3 is 0 Å². The molecule has 2 aliphatic rings. The quantitative estimate of drug-likeness (QED) is 0.664. The van der Waals surface area contributed by atoms with Crippen molar-refractivity contribution in [1.82, 2.24) is 10.3 Å². The number of nitrogens with zero attached hydrogens (tertiary/aromatic N) is 1. The van der Waals surface area contributed by atoms with Crippen molar-refractivity contribution in [3.63, 3.8) is 0 Å². The van der Waals surface area contributed by atoms with E-state index in [9.17, 15) is 5.11 Å². The van der Waals surface area contributed by atoms with Crippen LogP contribution in [0.5, 0.6) is 5.75 Å².